The molecule has 0 aliphatic carbocycles. The summed E-state index contributed by atoms with van der Waals surface area (Å²) in [4.78, 5) is 28.0. The van der Waals surface area contributed by atoms with Crippen LogP contribution in [0, 0.1) is 5.92 Å². The van der Waals surface area contributed by atoms with E-state index in [1.807, 2.05) is 4.90 Å². The average Bonchev–Trinajstić information content (AvgIpc) is 3.09. The summed E-state index contributed by atoms with van der Waals surface area (Å²) in [6, 6.07) is 6.88. The molecule has 0 radical (unpaired) electrons. The predicted octanol–water partition coefficient (Wildman–Crippen LogP) is 1.53. The Hall–Kier alpha value is -2.08. The van der Waals surface area contributed by atoms with Gasteiger partial charge in [0.05, 0.1) is 6.54 Å². The first-order chi connectivity index (χ1) is 12.1. The topological polar surface area (TPSA) is 78.7 Å². The smallest absolute Gasteiger partial charge is 0.248 e. The molecule has 25 heavy (non-hydrogen) atoms. The van der Waals surface area contributed by atoms with Crippen molar-refractivity contribution in [1.29, 1.82) is 0 Å². The Morgan fingerprint density at radius 2 is 1.80 bits per heavy atom. The van der Waals surface area contributed by atoms with Gasteiger partial charge in [-0.15, -0.1) is 0 Å². The molecule has 1 atom stereocenters. The lowest BCUT2D eigenvalue weighted by Gasteiger charge is -2.29. The van der Waals surface area contributed by atoms with Gasteiger partial charge >= 0.3 is 0 Å². The third-order valence-electron chi connectivity index (χ3n) is 5.22. The number of benzene rings is 1. The third kappa shape index (κ3) is 4.95. The van der Waals surface area contributed by atoms with E-state index in [1.165, 1.54) is 32.4 Å². The molecule has 2 aliphatic heterocycles. The molecular formula is C19H28N4O2. The molecule has 6 nitrogen and oxygen atoms in total. The van der Waals surface area contributed by atoms with Crippen LogP contribution in [0.2, 0.25) is 0 Å². The van der Waals surface area contributed by atoms with E-state index in [-0.39, 0.29) is 12.5 Å². The molecule has 0 bridgehead atoms. The zero-order chi connectivity index (χ0) is 17.6. The van der Waals surface area contributed by atoms with Crippen LogP contribution >= 0.6 is 0 Å². The molecule has 3 rings (SSSR count). The molecule has 2 amide bonds. The summed E-state index contributed by atoms with van der Waals surface area (Å²) < 4.78 is 0. The van der Waals surface area contributed by atoms with E-state index >= 15 is 0 Å². The number of amides is 2. The maximum atomic E-state index is 12.4. The van der Waals surface area contributed by atoms with Gasteiger partial charge in [-0.2, -0.15) is 0 Å². The van der Waals surface area contributed by atoms with Gasteiger partial charge < -0.3 is 20.9 Å². The fourth-order valence-electron chi connectivity index (χ4n) is 3.76. The fraction of sp³-hybridized carbons (Fsp3) is 0.579. The number of rotatable bonds is 6. The van der Waals surface area contributed by atoms with Crippen LogP contribution in [-0.4, -0.2) is 60.9 Å². The van der Waals surface area contributed by atoms with Crippen LogP contribution in [0.25, 0.3) is 0 Å². The average molecular weight is 344 g/mol. The second kappa shape index (κ2) is 8.34. The summed E-state index contributed by atoms with van der Waals surface area (Å²) >= 11 is 0. The van der Waals surface area contributed by atoms with Gasteiger partial charge in [0.25, 0.3) is 0 Å². The minimum Gasteiger partial charge on any atom is -0.376 e. The standard InChI is InChI=1S/C19H28N4O2/c20-19(25)16-4-6-17(7-5-16)21-12-18(24)23-11-8-15(14-23)13-22-9-2-1-3-10-22/h4-7,15,21H,1-3,8-14H2,(H2,20,25)/t15-/m0/s1. The Bertz CT molecular complexity index is 596. The summed E-state index contributed by atoms with van der Waals surface area (Å²) in [5.41, 5.74) is 6.52. The van der Waals surface area contributed by atoms with Crippen LogP contribution in [0.1, 0.15) is 36.0 Å². The van der Waals surface area contributed by atoms with Crippen molar-refractivity contribution in [2.75, 3.05) is 44.6 Å². The first-order valence-electron chi connectivity index (χ1n) is 9.25. The second-order valence-corrected chi connectivity index (χ2v) is 7.15. The highest BCUT2D eigenvalue weighted by atomic mass is 16.2. The first-order valence-corrected chi connectivity index (χ1v) is 9.25. The van der Waals surface area contributed by atoms with Crippen LogP contribution in [0.4, 0.5) is 5.69 Å². The monoisotopic (exact) mass is 344 g/mol. The van der Waals surface area contributed by atoms with Crippen molar-refractivity contribution >= 4 is 17.5 Å². The van der Waals surface area contributed by atoms with Gasteiger partial charge in [0.1, 0.15) is 0 Å². The van der Waals surface area contributed by atoms with E-state index in [1.54, 1.807) is 24.3 Å². The van der Waals surface area contributed by atoms with Crippen LogP contribution in [-0.2, 0) is 4.79 Å². The summed E-state index contributed by atoms with van der Waals surface area (Å²) in [7, 11) is 0. The van der Waals surface area contributed by atoms with E-state index in [4.69, 9.17) is 5.73 Å². The van der Waals surface area contributed by atoms with Gasteiger partial charge in [-0.1, -0.05) is 6.42 Å². The van der Waals surface area contributed by atoms with Gasteiger partial charge in [0.2, 0.25) is 11.8 Å². The third-order valence-corrected chi connectivity index (χ3v) is 5.22. The number of nitrogens with one attached hydrogen (secondary N) is 1. The molecular weight excluding hydrogens is 316 g/mol. The molecule has 3 N–H and O–H groups in total. The van der Waals surface area contributed by atoms with Crippen LogP contribution in [0.5, 0.6) is 0 Å². The van der Waals surface area contributed by atoms with Crippen LogP contribution < -0.4 is 11.1 Å². The highest BCUT2D eigenvalue weighted by Crippen LogP contribution is 2.20. The zero-order valence-corrected chi connectivity index (χ0v) is 14.7. The van der Waals surface area contributed by atoms with E-state index in [9.17, 15) is 9.59 Å². The fourth-order valence-corrected chi connectivity index (χ4v) is 3.76. The summed E-state index contributed by atoms with van der Waals surface area (Å²) in [6.45, 7) is 5.58. The Morgan fingerprint density at radius 3 is 2.48 bits per heavy atom. The maximum absolute atomic E-state index is 12.4. The number of primary amides is 1. The Balaban J connectivity index is 1.41. The quantitative estimate of drug-likeness (QED) is 0.820. The molecule has 0 unspecified atom stereocenters. The summed E-state index contributed by atoms with van der Waals surface area (Å²) in [5.74, 6) is 0.302. The predicted molar refractivity (Wildman–Crippen MR) is 98.4 cm³/mol. The van der Waals surface area contributed by atoms with Crippen molar-refractivity contribution in [3.63, 3.8) is 0 Å². The zero-order valence-electron chi connectivity index (χ0n) is 14.7. The first kappa shape index (κ1) is 17.7. The number of nitrogens with zero attached hydrogens (tertiary/aromatic N) is 2. The summed E-state index contributed by atoms with van der Waals surface area (Å²) in [6.07, 6.45) is 5.09. The van der Waals surface area contributed by atoms with Crippen molar-refractivity contribution in [2.24, 2.45) is 11.7 Å². The number of anilines is 1. The molecule has 6 heteroatoms. The van der Waals surface area contributed by atoms with Crippen molar-refractivity contribution in [3.8, 4) is 0 Å². The highest BCUT2D eigenvalue weighted by Gasteiger charge is 2.27. The van der Waals surface area contributed by atoms with Gasteiger partial charge in [0, 0.05) is 30.9 Å². The van der Waals surface area contributed by atoms with Gasteiger partial charge in [-0.05, 0) is 62.5 Å². The molecule has 1 aromatic rings. The van der Waals surface area contributed by atoms with Crippen LogP contribution in [0.15, 0.2) is 24.3 Å². The lowest BCUT2D eigenvalue weighted by molar-refractivity contribution is -0.128. The molecule has 0 saturated carbocycles. The van der Waals surface area contributed by atoms with E-state index in [2.05, 4.69) is 10.2 Å². The number of hydrogen-bond donors (Lipinski definition) is 2. The maximum Gasteiger partial charge on any atom is 0.248 e. The lowest BCUT2D eigenvalue weighted by atomic mass is 10.1. The number of nitrogens with two attached hydrogens (primary N) is 1. The van der Waals surface area contributed by atoms with Crippen molar-refractivity contribution < 1.29 is 9.59 Å². The molecule has 136 valence electrons. The van der Waals surface area contributed by atoms with Gasteiger partial charge in [-0.3, -0.25) is 9.59 Å². The van der Waals surface area contributed by atoms with Crippen molar-refractivity contribution in [3.05, 3.63) is 29.8 Å². The van der Waals surface area contributed by atoms with Crippen molar-refractivity contribution in [2.45, 2.75) is 25.7 Å². The molecule has 0 spiro atoms. The number of piperidine rings is 1. The second-order valence-electron chi connectivity index (χ2n) is 7.15. The number of carbonyl (C=O) groups is 2. The minimum absolute atomic E-state index is 0.139. The van der Waals surface area contributed by atoms with E-state index in [0.717, 1.165) is 31.7 Å². The molecule has 1 aromatic carbocycles. The number of hydrogen-bond acceptors (Lipinski definition) is 4. The summed E-state index contributed by atoms with van der Waals surface area (Å²) in [5, 5.41) is 3.13. The Labute approximate surface area is 149 Å². The Morgan fingerprint density at radius 1 is 1.08 bits per heavy atom. The minimum atomic E-state index is -0.445. The number of carbonyl (C=O) groups excluding carboxylic acids is 2. The van der Waals surface area contributed by atoms with Gasteiger partial charge in [0.15, 0.2) is 0 Å². The molecule has 2 fully saturated rings. The van der Waals surface area contributed by atoms with E-state index in [0.29, 0.717) is 11.5 Å². The SMILES string of the molecule is NC(=O)c1ccc(NCC(=O)N2CC[C@@H](CN3CCCCC3)C2)cc1. The highest BCUT2D eigenvalue weighted by molar-refractivity contribution is 5.93. The molecule has 2 aliphatic rings. The molecule has 0 aromatic heterocycles. The van der Waals surface area contributed by atoms with E-state index < -0.39 is 5.91 Å². The molecule has 2 heterocycles. The Kier molecular flexibility index (Phi) is 5.91. The largest absolute Gasteiger partial charge is 0.376 e. The van der Waals surface area contributed by atoms with Gasteiger partial charge in [-0.25, -0.2) is 0 Å². The van der Waals surface area contributed by atoms with Crippen LogP contribution in [0.3, 0.4) is 0 Å². The molecule has 2 saturated heterocycles. The number of likely N-dealkylation sites (tertiary alicyclic amines) is 2. The normalized spacial score (nSPS) is 21.3. The lowest BCUT2D eigenvalue weighted by Crippen LogP contribution is -2.37. The van der Waals surface area contributed by atoms with Crippen molar-refractivity contribution in [1.82, 2.24) is 9.80 Å².